The molecule has 0 aliphatic rings. The minimum absolute atomic E-state index is 0.103. The van der Waals surface area contributed by atoms with Crippen LogP contribution in [0.3, 0.4) is 0 Å². The van der Waals surface area contributed by atoms with E-state index in [0.29, 0.717) is 0 Å². The van der Waals surface area contributed by atoms with Crippen LogP contribution in [0.2, 0.25) is 0 Å². The molecule has 0 aromatic carbocycles. The number of aliphatic hydroxyl groups excluding tert-OH is 2. The van der Waals surface area contributed by atoms with Gasteiger partial charge in [0.1, 0.15) is 0 Å². The molecule has 0 aromatic rings. The second-order valence-corrected chi connectivity index (χ2v) is 3.06. The van der Waals surface area contributed by atoms with Gasteiger partial charge in [0.2, 0.25) is 0 Å². The second-order valence-electron chi connectivity index (χ2n) is 3.06. The highest BCUT2D eigenvalue weighted by Crippen LogP contribution is 2.04. The molecule has 0 radical (unpaired) electrons. The number of carbonyl (C=O) groups is 2. The molecule has 0 fully saturated rings. The molecule has 6 heteroatoms. The fourth-order valence-electron chi connectivity index (χ4n) is 0.583. The lowest BCUT2D eigenvalue weighted by molar-refractivity contribution is -0.142. The van der Waals surface area contributed by atoms with E-state index in [-0.39, 0.29) is 19.4 Å². The van der Waals surface area contributed by atoms with Gasteiger partial charge in [0.15, 0.2) is 0 Å². The predicted octanol–water partition coefficient (Wildman–Crippen LogP) is -0.0686. The Hall–Kier alpha value is -1.14. The summed E-state index contributed by atoms with van der Waals surface area (Å²) in [4.78, 5) is 19.5. The maximum atomic E-state index is 10.2. The molecule has 0 spiro atoms. The van der Waals surface area contributed by atoms with Gasteiger partial charge >= 0.3 is 11.9 Å². The van der Waals surface area contributed by atoms with Gasteiger partial charge in [-0.1, -0.05) is 13.8 Å². The first-order chi connectivity index (χ1) is 6.84. The normalized spacial score (nSPS) is 13.3. The summed E-state index contributed by atoms with van der Waals surface area (Å²) in [6.45, 7) is 2.71. The Morgan fingerprint density at radius 2 is 1.67 bits per heavy atom. The molecule has 0 bridgehead atoms. The minimum atomic E-state index is -0.951. The summed E-state index contributed by atoms with van der Waals surface area (Å²) in [5.41, 5.74) is 0. The van der Waals surface area contributed by atoms with Crippen molar-refractivity contribution < 1.29 is 30.0 Å². The lowest BCUT2D eigenvalue weighted by atomic mass is 10.1. The zero-order chi connectivity index (χ0) is 12.4. The van der Waals surface area contributed by atoms with Crippen LogP contribution in [0.25, 0.3) is 0 Å². The molecule has 0 saturated carbocycles. The van der Waals surface area contributed by atoms with Gasteiger partial charge in [-0.15, -0.1) is 0 Å². The molecule has 0 heterocycles. The van der Waals surface area contributed by atoms with E-state index in [1.807, 2.05) is 0 Å². The highest BCUT2D eigenvalue weighted by Gasteiger charge is 2.14. The molecule has 4 N–H and O–H groups in total. The first kappa shape index (κ1) is 16.3. The highest BCUT2D eigenvalue weighted by molar-refractivity contribution is 5.69. The van der Waals surface area contributed by atoms with Gasteiger partial charge in [-0.05, 0) is 6.42 Å². The van der Waals surface area contributed by atoms with Gasteiger partial charge < -0.3 is 20.4 Å². The summed E-state index contributed by atoms with van der Waals surface area (Å²) >= 11 is 0. The fraction of sp³-hybridized carbons (Fsp3) is 0.778. The first-order valence-electron chi connectivity index (χ1n) is 4.58. The monoisotopic (exact) mass is 222 g/mol. The van der Waals surface area contributed by atoms with Crippen LogP contribution in [0.1, 0.15) is 26.7 Å². The van der Waals surface area contributed by atoms with Crippen LogP contribution >= 0.6 is 0 Å². The van der Waals surface area contributed by atoms with Crippen LogP contribution in [-0.4, -0.2) is 45.1 Å². The molecule has 0 aliphatic heterocycles. The lowest BCUT2D eigenvalue weighted by Crippen LogP contribution is -2.20. The van der Waals surface area contributed by atoms with Gasteiger partial charge in [0.25, 0.3) is 0 Å². The molecule has 2 unspecified atom stereocenters. The summed E-state index contributed by atoms with van der Waals surface area (Å²) in [6, 6.07) is 0. The average Bonchev–Trinajstić information content (AvgIpc) is 2.18. The molecule has 0 rings (SSSR count). The van der Waals surface area contributed by atoms with Crippen LogP contribution in [0.15, 0.2) is 0 Å². The first-order valence-corrected chi connectivity index (χ1v) is 4.58. The minimum Gasteiger partial charge on any atom is -0.481 e. The molecule has 15 heavy (non-hydrogen) atoms. The molecular weight excluding hydrogens is 204 g/mol. The van der Waals surface area contributed by atoms with Crippen molar-refractivity contribution in [1.29, 1.82) is 0 Å². The zero-order valence-corrected chi connectivity index (χ0v) is 8.88. The molecule has 0 saturated heterocycles. The van der Waals surface area contributed by atoms with Crippen molar-refractivity contribution in [1.82, 2.24) is 0 Å². The molecule has 2 atom stereocenters. The number of aliphatic hydroxyl groups is 2. The van der Waals surface area contributed by atoms with Crippen molar-refractivity contribution in [3.63, 3.8) is 0 Å². The Morgan fingerprint density at radius 1 is 1.27 bits per heavy atom. The third kappa shape index (κ3) is 12.9. The van der Waals surface area contributed by atoms with E-state index in [4.69, 9.17) is 20.4 Å². The lowest BCUT2D eigenvalue weighted by Gasteiger charge is -2.09. The molecule has 0 aliphatic carbocycles. The molecule has 90 valence electrons. The SMILES string of the molecule is CC(CC(O)CO)C(=O)O.CCC(=O)O. The van der Waals surface area contributed by atoms with E-state index in [1.165, 1.54) is 6.92 Å². The van der Waals surface area contributed by atoms with Gasteiger partial charge in [0.05, 0.1) is 18.6 Å². The fourth-order valence-corrected chi connectivity index (χ4v) is 0.583. The summed E-state index contributed by atoms with van der Waals surface area (Å²) in [5, 5.41) is 33.1. The van der Waals surface area contributed by atoms with E-state index in [0.717, 1.165) is 0 Å². The molecule has 0 aromatic heterocycles. The second kappa shape index (κ2) is 9.42. The van der Waals surface area contributed by atoms with E-state index in [9.17, 15) is 9.59 Å². The Labute approximate surface area is 88.2 Å². The van der Waals surface area contributed by atoms with E-state index in [2.05, 4.69) is 0 Å². The van der Waals surface area contributed by atoms with Crippen molar-refractivity contribution in [2.24, 2.45) is 5.92 Å². The van der Waals surface area contributed by atoms with Crippen molar-refractivity contribution in [3.05, 3.63) is 0 Å². The average molecular weight is 222 g/mol. The Morgan fingerprint density at radius 3 is 1.87 bits per heavy atom. The topological polar surface area (TPSA) is 115 Å². The maximum Gasteiger partial charge on any atom is 0.306 e. The van der Waals surface area contributed by atoms with E-state index in [1.54, 1.807) is 6.92 Å². The summed E-state index contributed by atoms with van der Waals surface area (Å²) in [7, 11) is 0. The number of aliphatic carboxylic acids is 2. The van der Waals surface area contributed by atoms with Crippen molar-refractivity contribution in [2.45, 2.75) is 32.8 Å². The zero-order valence-electron chi connectivity index (χ0n) is 8.88. The maximum absolute atomic E-state index is 10.2. The van der Waals surface area contributed by atoms with Gasteiger partial charge in [-0.3, -0.25) is 9.59 Å². The molecule has 6 nitrogen and oxygen atoms in total. The van der Waals surface area contributed by atoms with Crippen LogP contribution in [0.4, 0.5) is 0 Å². The van der Waals surface area contributed by atoms with Crippen molar-refractivity contribution in [3.8, 4) is 0 Å². The van der Waals surface area contributed by atoms with E-state index >= 15 is 0 Å². The number of rotatable bonds is 5. The third-order valence-electron chi connectivity index (χ3n) is 1.56. The van der Waals surface area contributed by atoms with Crippen LogP contribution < -0.4 is 0 Å². The number of hydrogen-bond donors (Lipinski definition) is 4. The summed E-state index contributed by atoms with van der Waals surface area (Å²) in [6.07, 6.45) is -0.586. The molecular formula is C9H18O6. The Kier molecular flexibility index (Phi) is 10.2. The standard InChI is InChI=1S/C6H12O4.C3H6O2/c1-4(6(9)10)2-5(8)3-7;1-2-3(4)5/h4-5,7-8H,2-3H2,1H3,(H,9,10);2H2,1H3,(H,4,5). The quantitative estimate of drug-likeness (QED) is 0.517. The number of carboxylic acid groups (broad SMARTS) is 2. The van der Waals surface area contributed by atoms with Crippen LogP contribution in [0, 0.1) is 5.92 Å². The van der Waals surface area contributed by atoms with Gasteiger partial charge in [-0.25, -0.2) is 0 Å². The number of hydrogen-bond acceptors (Lipinski definition) is 4. The van der Waals surface area contributed by atoms with E-state index < -0.39 is 24.0 Å². The smallest absolute Gasteiger partial charge is 0.306 e. The Bertz CT molecular complexity index is 191. The molecule has 0 amide bonds. The number of carboxylic acids is 2. The summed E-state index contributed by atoms with van der Waals surface area (Å²) in [5.74, 6) is -2.29. The van der Waals surface area contributed by atoms with Gasteiger partial charge in [0, 0.05) is 6.42 Å². The largest absolute Gasteiger partial charge is 0.481 e. The highest BCUT2D eigenvalue weighted by atomic mass is 16.4. The van der Waals surface area contributed by atoms with Crippen molar-refractivity contribution >= 4 is 11.9 Å². The van der Waals surface area contributed by atoms with Crippen LogP contribution in [0.5, 0.6) is 0 Å². The van der Waals surface area contributed by atoms with Crippen LogP contribution in [-0.2, 0) is 9.59 Å². The van der Waals surface area contributed by atoms with Crippen molar-refractivity contribution in [2.75, 3.05) is 6.61 Å². The predicted molar refractivity (Wildman–Crippen MR) is 52.4 cm³/mol. The Balaban J connectivity index is 0. The van der Waals surface area contributed by atoms with Gasteiger partial charge in [-0.2, -0.15) is 0 Å². The third-order valence-corrected chi connectivity index (χ3v) is 1.56. The summed E-state index contributed by atoms with van der Waals surface area (Å²) < 4.78 is 0.